The van der Waals surface area contributed by atoms with Crippen LogP contribution in [0.25, 0.3) is 0 Å². The van der Waals surface area contributed by atoms with Crippen LogP contribution in [0, 0.1) is 13.8 Å². The van der Waals surface area contributed by atoms with Crippen molar-refractivity contribution in [2.75, 3.05) is 15.5 Å². The van der Waals surface area contributed by atoms with Gasteiger partial charge in [0, 0.05) is 23.9 Å². The number of amides is 4. The van der Waals surface area contributed by atoms with Crippen molar-refractivity contribution < 1.29 is 19.2 Å². The molecule has 0 saturated carbocycles. The topological polar surface area (TPSA) is 95.6 Å². The number of rotatable bonds is 4. The first-order valence-electron chi connectivity index (χ1n) is 10.0. The molecule has 0 aliphatic carbocycles. The molecule has 0 bridgehead atoms. The molecule has 1 heterocycles. The highest BCUT2D eigenvalue weighted by molar-refractivity contribution is 6.34. The van der Waals surface area contributed by atoms with Crippen molar-refractivity contribution >= 4 is 40.7 Å². The number of hydrogen-bond donors (Lipinski definition) is 2. The highest BCUT2D eigenvalue weighted by Gasteiger charge is 2.37. The Bertz CT molecular complexity index is 1280. The maximum Gasteiger partial charge on any atom is 0.266 e. The summed E-state index contributed by atoms with van der Waals surface area (Å²) in [5, 5.41) is 5.50. The lowest BCUT2D eigenvalue weighted by Gasteiger charge is -2.14. The number of carbonyl (C=O) groups is 4. The summed E-state index contributed by atoms with van der Waals surface area (Å²) in [5.41, 5.74) is 4.35. The van der Waals surface area contributed by atoms with Crippen LogP contribution in [0.2, 0.25) is 0 Å². The molecule has 1 aliphatic heterocycles. The quantitative estimate of drug-likeness (QED) is 0.607. The Labute approximate surface area is 185 Å². The Kier molecular flexibility index (Phi) is 5.32. The predicted molar refractivity (Wildman–Crippen MR) is 122 cm³/mol. The van der Waals surface area contributed by atoms with Gasteiger partial charge in [-0.2, -0.15) is 0 Å². The molecule has 3 aromatic rings. The minimum absolute atomic E-state index is 0.176. The molecule has 2 N–H and O–H groups in total. The second kappa shape index (κ2) is 8.11. The van der Waals surface area contributed by atoms with Gasteiger partial charge in [-0.05, 0) is 73.5 Å². The number of nitrogens with zero attached hydrogens (tertiary/aromatic N) is 1. The third kappa shape index (κ3) is 3.76. The lowest BCUT2D eigenvalue weighted by molar-refractivity contribution is -0.114. The first-order valence-corrected chi connectivity index (χ1v) is 10.0. The van der Waals surface area contributed by atoms with E-state index in [1.165, 1.54) is 25.1 Å². The normalized spacial score (nSPS) is 12.5. The summed E-state index contributed by atoms with van der Waals surface area (Å²) in [4.78, 5) is 50.9. The van der Waals surface area contributed by atoms with E-state index in [-0.39, 0.29) is 28.5 Å². The lowest BCUT2D eigenvalue weighted by atomic mass is 10.0. The molecule has 160 valence electrons. The first kappa shape index (κ1) is 21.0. The van der Waals surface area contributed by atoms with Crippen LogP contribution in [0.4, 0.5) is 17.1 Å². The maximum absolute atomic E-state index is 13.0. The van der Waals surface area contributed by atoms with E-state index < -0.39 is 11.8 Å². The third-order valence-corrected chi connectivity index (χ3v) is 5.45. The summed E-state index contributed by atoms with van der Waals surface area (Å²) >= 11 is 0. The Balaban J connectivity index is 1.59. The second-order valence-corrected chi connectivity index (χ2v) is 7.64. The van der Waals surface area contributed by atoms with Gasteiger partial charge in [0.2, 0.25) is 5.91 Å². The molecule has 0 spiro atoms. The van der Waals surface area contributed by atoms with Crippen molar-refractivity contribution in [2.45, 2.75) is 20.8 Å². The van der Waals surface area contributed by atoms with E-state index in [4.69, 9.17) is 0 Å². The van der Waals surface area contributed by atoms with E-state index >= 15 is 0 Å². The molecule has 0 saturated heterocycles. The van der Waals surface area contributed by atoms with Gasteiger partial charge in [-0.1, -0.05) is 12.1 Å². The SMILES string of the molecule is CC(=O)Nc1ccc(N2C(=O)c3ccc(C(=O)Nc4cccc(C)c4C)cc3C2=O)cc1. The van der Waals surface area contributed by atoms with Gasteiger partial charge in [0.25, 0.3) is 17.7 Å². The van der Waals surface area contributed by atoms with Crippen molar-refractivity contribution in [3.63, 3.8) is 0 Å². The fourth-order valence-corrected chi connectivity index (χ4v) is 3.59. The van der Waals surface area contributed by atoms with Gasteiger partial charge in [0.15, 0.2) is 0 Å². The zero-order valence-electron chi connectivity index (χ0n) is 17.9. The van der Waals surface area contributed by atoms with Crippen molar-refractivity contribution in [3.05, 3.63) is 88.5 Å². The van der Waals surface area contributed by atoms with Gasteiger partial charge in [-0.3, -0.25) is 19.2 Å². The summed E-state index contributed by atoms with van der Waals surface area (Å²) < 4.78 is 0. The lowest BCUT2D eigenvalue weighted by Crippen LogP contribution is -2.29. The Morgan fingerprint density at radius 3 is 2.19 bits per heavy atom. The molecular weight excluding hydrogens is 406 g/mol. The molecule has 32 heavy (non-hydrogen) atoms. The van der Waals surface area contributed by atoms with E-state index in [9.17, 15) is 19.2 Å². The van der Waals surface area contributed by atoms with Gasteiger partial charge in [0.1, 0.15) is 0 Å². The summed E-state index contributed by atoms with van der Waals surface area (Å²) in [6, 6.07) is 16.5. The minimum atomic E-state index is -0.501. The maximum atomic E-state index is 13.0. The standard InChI is InChI=1S/C25H21N3O4/c1-14-5-4-6-22(15(14)2)27-23(30)17-7-12-20-21(13-17)25(32)28(24(20)31)19-10-8-18(9-11-19)26-16(3)29/h4-13H,1-3H3,(H,26,29)(H,27,30). The van der Waals surface area contributed by atoms with Crippen molar-refractivity contribution in [1.29, 1.82) is 0 Å². The van der Waals surface area contributed by atoms with Crippen molar-refractivity contribution in [1.82, 2.24) is 0 Å². The van der Waals surface area contributed by atoms with Crippen LogP contribution >= 0.6 is 0 Å². The van der Waals surface area contributed by atoms with Gasteiger partial charge < -0.3 is 10.6 Å². The molecule has 0 aromatic heterocycles. The highest BCUT2D eigenvalue weighted by Crippen LogP contribution is 2.30. The highest BCUT2D eigenvalue weighted by atomic mass is 16.2. The third-order valence-electron chi connectivity index (χ3n) is 5.45. The molecule has 0 radical (unpaired) electrons. The van der Waals surface area contributed by atoms with Gasteiger partial charge in [0.05, 0.1) is 16.8 Å². The minimum Gasteiger partial charge on any atom is -0.326 e. The number of aryl methyl sites for hydroxylation is 1. The molecule has 1 aliphatic rings. The van der Waals surface area contributed by atoms with Crippen LogP contribution in [0.3, 0.4) is 0 Å². The molecule has 4 amide bonds. The van der Waals surface area contributed by atoms with Gasteiger partial charge in [-0.25, -0.2) is 4.90 Å². The average Bonchev–Trinajstić information content (AvgIpc) is 3.01. The smallest absolute Gasteiger partial charge is 0.266 e. The van der Waals surface area contributed by atoms with Crippen LogP contribution in [-0.2, 0) is 4.79 Å². The summed E-state index contributed by atoms with van der Waals surface area (Å²) in [5.74, 6) is -1.54. The Morgan fingerprint density at radius 1 is 0.812 bits per heavy atom. The molecule has 0 fully saturated rings. The van der Waals surface area contributed by atoms with Crippen LogP contribution in [0.5, 0.6) is 0 Å². The van der Waals surface area contributed by atoms with Crippen LogP contribution < -0.4 is 15.5 Å². The second-order valence-electron chi connectivity index (χ2n) is 7.64. The number of carbonyl (C=O) groups excluding carboxylic acids is 4. The average molecular weight is 427 g/mol. The van der Waals surface area contributed by atoms with E-state index in [1.807, 2.05) is 32.0 Å². The summed E-state index contributed by atoms with van der Waals surface area (Å²) in [6.07, 6.45) is 0. The number of hydrogen-bond acceptors (Lipinski definition) is 4. The number of benzene rings is 3. The van der Waals surface area contributed by atoms with Crippen LogP contribution in [0.1, 0.15) is 49.1 Å². The van der Waals surface area contributed by atoms with Gasteiger partial charge in [-0.15, -0.1) is 0 Å². The fraction of sp³-hybridized carbons (Fsp3) is 0.120. The molecule has 7 nitrogen and oxygen atoms in total. The van der Waals surface area contributed by atoms with Crippen molar-refractivity contribution in [2.24, 2.45) is 0 Å². The van der Waals surface area contributed by atoms with Crippen molar-refractivity contribution in [3.8, 4) is 0 Å². The number of nitrogens with one attached hydrogen (secondary N) is 2. The fourth-order valence-electron chi connectivity index (χ4n) is 3.59. The molecular formula is C25H21N3O4. The largest absolute Gasteiger partial charge is 0.326 e. The Morgan fingerprint density at radius 2 is 1.50 bits per heavy atom. The van der Waals surface area contributed by atoms with E-state index in [1.54, 1.807) is 24.3 Å². The Hall–Kier alpha value is -4.26. The molecule has 3 aromatic carbocycles. The van der Waals surface area contributed by atoms with E-state index in [0.717, 1.165) is 16.0 Å². The zero-order valence-corrected chi connectivity index (χ0v) is 17.9. The zero-order chi connectivity index (χ0) is 23.0. The number of anilines is 3. The van der Waals surface area contributed by atoms with E-state index in [0.29, 0.717) is 17.1 Å². The predicted octanol–water partition coefficient (Wildman–Crippen LogP) is 4.31. The van der Waals surface area contributed by atoms with E-state index in [2.05, 4.69) is 10.6 Å². The molecule has 7 heteroatoms. The van der Waals surface area contributed by atoms with Gasteiger partial charge >= 0.3 is 0 Å². The number of fused-ring (bicyclic) bond motifs is 1. The summed E-state index contributed by atoms with van der Waals surface area (Å²) in [7, 11) is 0. The summed E-state index contributed by atoms with van der Waals surface area (Å²) in [6.45, 7) is 5.28. The molecule has 0 atom stereocenters. The number of imide groups is 1. The monoisotopic (exact) mass is 427 g/mol. The molecule has 4 rings (SSSR count). The molecule has 0 unspecified atom stereocenters. The van der Waals surface area contributed by atoms with Crippen LogP contribution in [-0.4, -0.2) is 23.6 Å². The van der Waals surface area contributed by atoms with Crippen LogP contribution in [0.15, 0.2) is 60.7 Å². The first-order chi connectivity index (χ1) is 15.3.